The van der Waals surface area contributed by atoms with E-state index in [9.17, 15) is 0 Å². The van der Waals surface area contributed by atoms with Gasteiger partial charge >= 0.3 is 0 Å². The van der Waals surface area contributed by atoms with Crippen LogP contribution in [0.15, 0.2) is 267 Å². The van der Waals surface area contributed by atoms with Gasteiger partial charge in [-0.3, -0.25) is 34.3 Å². The molecular weight excluding hydrogens is 1500 g/mol. The van der Waals surface area contributed by atoms with Crippen molar-refractivity contribution in [3.63, 3.8) is 0 Å². The van der Waals surface area contributed by atoms with Gasteiger partial charge in [0, 0.05) is 110 Å². The number of anilines is 2. The molecule has 14 rings (SSSR count). The Labute approximate surface area is 698 Å². The van der Waals surface area contributed by atoms with E-state index in [1.807, 2.05) is 103 Å². The number of oxime groups is 1. The number of hydrogen-bond donors (Lipinski definition) is 10. The maximum Gasteiger partial charge on any atom is 0.202 e. The number of nitrogens with zero attached hydrogens (tertiary/aromatic N) is 16. The number of rotatable bonds is 12. The SMILES string of the molecule is C.C.C.C.CCc1ccccc1.CCc1ccccc1.CCc1ccccc1.CCc1ccccc1.CCc1ccccc1.CCc1ccccc1.CN=C=S.CNc1nc(-c2cn[nH]c2)ns1.CNc1nc(-c2cnn(C)c2)ns1.Cc1cn[nH]c1.Cc1cnn(C)c1.Cn1cc(/C(N)=N/O)cn1.Cn1cc(C(=N)N)cn1.NO. The number of nitrogen functional groups attached to an aromatic ring is 1. The summed E-state index contributed by atoms with van der Waals surface area (Å²) >= 11 is 6.81. The molecule has 0 fully saturated rings. The Bertz CT molecular complexity index is 4200. The second kappa shape index (κ2) is 70.8. The zero-order valence-electron chi connectivity index (χ0n) is 66.5. The van der Waals surface area contributed by atoms with Gasteiger partial charge in [-0.15, -0.1) is 0 Å². The number of hydrogen-bond acceptors (Lipinski definition) is 21. The number of isothiocyanates is 1. The molecule has 0 amide bonds. The highest BCUT2D eigenvalue weighted by molar-refractivity contribution is 7.78. The summed E-state index contributed by atoms with van der Waals surface area (Å²) in [5, 5.41) is 62.7. The highest BCUT2D eigenvalue weighted by Gasteiger charge is 2.07. The first kappa shape index (κ1) is 109. The fourth-order valence-electron chi connectivity index (χ4n) is 8.11. The Balaban J connectivity index is -0.000000582. The average Bonchev–Trinajstić information content (AvgIpc) is 1.71. The summed E-state index contributed by atoms with van der Waals surface area (Å²) in [5.74, 6) is 5.07. The van der Waals surface area contributed by atoms with Crippen LogP contribution in [0.1, 0.15) is 127 Å². The largest absolute Gasteiger partial charge is 0.409 e. The standard InChI is InChI=1S/6C8H10.C7H9N5S.C6H7N5S.C5H8N4O.C5H8N4.C5H8N2.C4H6N2.C2H3NS.4CH4.H3NO/c6*1-2-8-6-4-3-5-7-8;1-8-7-10-6(11-13-7)5-3-9-12(2)4-5;1-7-6-10-5(11-12-6)4-2-8-9-3-4;1-9-3-4(2-7-9)5(6)8-10;1-9-3-4(2-8-9)5(6)7;1-5-3-6-7(2)4-5;1-4-2-5-6-3-4;1-3-2-4;;;;;1-2/h6*3-7H,2H2,1H3;3-4H,1-2H3,(H,8,10,11);2-3H,1H3,(H,8,9)(H,7,10,11);2-3,10H,1H3,(H2,6,8);2-3H,1H3,(H3,6,7);3-4H,1-2H3;2-3H,1H3,(H,5,6);1H3;4*1H4;2H,1H2. The Morgan fingerprint density at radius 2 is 0.757 bits per heavy atom. The van der Waals surface area contributed by atoms with Crippen molar-refractivity contribution in [2.24, 2.45) is 55.7 Å². The average molecular weight is 1630 g/mol. The van der Waals surface area contributed by atoms with Crippen molar-refractivity contribution in [3.8, 4) is 22.8 Å². The lowest BCUT2D eigenvalue weighted by molar-refractivity contribution is 0.311. The van der Waals surface area contributed by atoms with Crippen LogP contribution < -0.4 is 28.0 Å². The molecule has 8 heterocycles. The molecule has 0 radical (unpaired) electrons. The maximum atomic E-state index is 8.22. The molecule has 0 spiro atoms. The fourth-order valence-corrected chi connectivity index (χ4v) is 9.18. The van der Waals surface area contributed by atoms with Gasteiger partial charge in [0.2, 0.25) is 10.3 Å². The van der Waals surface area contributed by atoms with Crippen molar-refractivity contribution < 1.29 is 10.4 Å². The Kier molecular flexibility index (Phi) is 67.2. The van der Waals surface area contributed by atoms with Crippen LogP contribution in [0, 0.1) is 19.3 Å². The number of nitrogens with two attached hydrogens (primary N) is 3. The van der Waals surface area contributed by atoms with Crippen LogP contribution in [0.5, 0.6) is 0 Å². The first-order valence-electron chi connectivity index (χ1n) is 35.5. The zero-order valence-corrected chi connectivity index (χ0v) is 68.9. The minimum atomic E-state index is 0. The third-order valence-corrected chi connectivity index (χ3v) is 15.8. The minimum absolute atomic E-state index is 0. The number of aromatic amines is 2. The van der Waals surface area contributed by atoms with Gasteiger partial charge in [-0.25, -0.2) is 10.9 Å². The number of nitrogens with one attached hydrogen (secondary N) is 5. The maximum absolute atomic E-state index is 8.22. The summed E-state index contributed by atoms with van der Waals surface area (Å²) < 4.78 is 15.0. The van der Waals surface area contributed by atoms with Gasteiger partial charge in [0.15, 0.2) is 17.5 Å². The van der Waals surface area contributed by atoms with E-state index in [-0.39, 0.29) is 41.4 Å². The summed E-state index contributed by atoms with van der Waals surface area (Å²) in [7, 11) is 12.6. The molecule has 0 saturated heterocycles. The minimum Gasteiger partial charge on any atom is -0.409 e. The van der Waals surface area contributed by atoms with Crippen molar-refractivity contribution in [2.45, 2.75) is 124 Å². The molecule has 0 aliphatic heterocycles. The third-order valence-electron chi connectivity index (χ3n) is 14.2. The van der Waals surface area contributed by atoms with Crippen molar-refractivity contribution in [2.75, 3.05) is 31.8 Å². The molecule has 6 aromatic carbocycles. The second-order valence-electron chi connectivity index (χ2n) is 22.8. The number of thiocarbonyl (C=S) groups is 1. The zero-order chi connectivity index (χ0) is 82.1. The van der Waals surface area contributed by atoms with Crippen LogP contribution in [0.3, 0.4) is 0 Å². The molecular formula is C86H128N24O2S3. The number of aromatic nitrogens is 16. The molecule has 0 aliphatic rings. The molecule has 0 atom stereocenters. The topological polar surface area (TPSA) is 371 Å². The molecule has 26 nitrogen and oxygen atoms in total. The third kappa shape index (κ3) is 52.6. The van der Waals surface area contributed by atoms with Gasteiger partial charge in [0.1, 0.15) is 5.84 Å². The smallest absolute Gasteiger partial charge is 0.202 e. The highest BCUT2D eigenvalue weighted by Crippen LogP contribution is 2.20. The van der Waals surface area contributed by atoms with E-state index >= 15 is 0 Å². The predicted molar refractivity (Wildman–Crippen MR) is 489 cm³/mol. The van der Waals surface area contributed by atoms with Gasteiger partial charge in [-0.1, -0.05) is 258 Å². The molecule has 0 bridgehead atoms. The van der Waals surface area contributed by atoms with Crippen LogP contribution in [0.2, 0.25) is 0 Å². The molecule has 29 heteroatoms. The molecule has 0 aliphatic carbocycles. The fraction of sp³-hybridized carbons (Fsp3) is 0.291. The van der Waals surface area contributed by atoms with E-state index in [1.165, 1.54) is 73.8 Å². The molecule has 115 heavy (non-hydrogen) atoms. The Hall–Kier alpha value is -12.2. The van der Waals surface area contributed by atoms with E-state index in [1.54, 1.807) is 83.2 Å². The number of aliphatic imine (C=N–C) groups is 1. The van der Waals surface area contributed by atoms with Gasteiger partial charge in [0.25, 0.3) is 0 Å². The Morgan fingerprint density at radius 1 is 0.452 bits per heavy atom. The van der Waals surface area contributed by atoms with E-state index in [2.05, 4.69) is 291 Å². The van der Waals surface area contributed by atoms with Crippen molar-refractivity contribution in [3.05, 3.63) is 312 Å². The van der Waals surface area contributed by atoms with Crippen molar-refractivity contribution >= 4 is 62.4 Å². The molecule has 13 N–H and O–H groups in total. The molecule has 0 saturated carbocycles. The summed E-state index contributed by atoms with van der Waals surface area (Å²) in [5.41, 5.74) is 24.4. The summed E-state index contributed by atoms with van der Waals surface area (Å²) in [6, 6.07) is 62.7. The number of aryl methyl sites for hydroxylation is 12. The summed E-state index contributed by atoms with van der Waals surface area (Å²) in [6.45, 7) is 17.0. The lowest BCUT2D eigenvalue weighted by atomic mass is 10.2. The van der Waals surface area contributed by atoms with Crippen LogP contribution in [0.4, 0.5) is 10.3 Å². The molecule has 622 valence electrons. The van der Waals surface area contributed by atoms with Crippen molar-refractivity contribution in [1.29, 1.82) is 5.41 Å². The summed E-state index contributed by atoms with van der Waals surface area (Å²) in [6.07, 6.45) is 27.8. The van der Waals surface area contributed by atoms with E-state index in [0.717, 1.165) is 65.7 Å². The van der Waals surface area contributed by atoms with Crippen molar-refractivity contribution in [1.82, 2.24) is 78.2 Å². The van der Waals surface area contributed by atoms with Gasteiger partial charge in [0.05, 0.1) is 64.6 Å². The molecule has 8 aromatic heterocycles. The Morgan fingerprint density at radius 3 is 0.939 bits per heavy atom. The van der Waals surface area contributed by atoms with Crippen LogP contribution in [-0.4, -0.2) is 127 Å². The van der Waals surface area contributed by atoms with E-state index in [0.29, 0.717) is 17.0 Å². The second-order valence-corrected chi connectivity index (χ2v) is 24.4. The first-order chi connectivity index (χ1) is 53.8. The lowest BCUT2D eigenvalue weighted by Gasteiger charge is -1.89. The van der Waals surface area contributed by atoms with Gasteiger partial charge in [-0.05, 0) is 109 Å². The quantitative estimate of drug-likeness (QED) is 0.0179. The molecule has 14 aromatic rings. The number of benzene rings is 6. The van der Waals surface area contributed by atoms with Crippen LogP contribution >= 0.6 is 35.3 Å². The summed E-state index contributed by atoms with van der Waals surface area (Å²) in [4.78, 5) is 11.8. The van der Waals surface area contributed by atoms with Gasteiger partial charge in [-0.2, -0.15) is 49.3 Å². The number of H-pyrrole nitrogens is 2. The predicted octanol–water partition coefficient (Wildman–Crippen LogP) is 18.7. The monoisotopic (exact) mass is 1620 g/mol. The van der Waals surface area contributed by atoms with E-state index in [4.69, 9.17) is 27.3 Å². The lowest BCUT2D eigenvalue weighted by Crippen LogP contribution is -2.11. The van der Waals surface area contributed by atoms with Crippen LogP contribution in [0.25, 0.3) is 22.8 Å². The van der Waals surface area contributed by atoms with E-state index < -0.39 is 0 Å². The first-order valence-corrected chi connectivity index (χ1v) is 37.4. The van der Waals surface area contributed by atoms with Crippen LogP contribution in [-0.2, 0) is 66.7 Å². The van der Waals surface area contributed by atoms with Gasteiger partial charge < -0.3 is 32.5 Å². The highest BCUT2D eigenvalue weighted by atomic mass is 32.1. The molecule has 0 unspecified atom stereocenters. The normalized spacial score (nSPS) is 9.03. The number of amidine groups is 2.